The molecule has 3 heteroatoms. The monoisotopic (exact) mass is 159 g/mol. The van der Waals surface area contributed by atoms with Crippen LogP contribution in [0.4, 0.5) is 0 Å². The van der Waals surface area contributed by atoms with Crippen LogP contribution in [0.15, 0.2) is 12.3 Å². The van der Waals surface area contributed by atoms with Gasteiger partial charge in [0.1, 0.15) is 6.26 Å². The predicted molar refractivity (Wildman–Crippen MR) is 45.0 cm³/mol. The number of ether oxygens (including phenoxy) is 1. The lowest BCUT2D eigenvalue weighted by atomic mass is 10.4. The predicted octanol–water partition coefficient (Wildman–Crippen LogP) is 1.47. The Morgan fingerprint density at radius 3 is 2.82 bits per heavy atom. The summed E-state index contributed by atoms with van der Waals surface area (Å²) >= 11 is 0. The summed E-state index contributed by atoms with van der Waals surface area (Å²) in [6.45, 7) is 7.29. The molecule has 1 unspecified atom stereocenters. The van der Waals surface area contributed by atoms with Crippen LogP contribution < -0.4 is 5.48 Å². The van der Waals surface area contributed by atoms with Crippen molar-refractivity contribution in [3.05, 3.63) is 12.3 Å². The fraction of sp³-hybridized carbons (Fsp3) is 0.750. The SMILES string of the molecule is CC=CONC(C)COCC. The lowest BCUT2D eigenvalue weighted by Crippen LogP contribution is -2.29. The second kappa shape index (κ2) is 7.57. The van der Waals surface area contributed by atoms with Gasteiger partial charge in [0, 0.05) is 6.61 Å². The highest BCUT2D eigenvalue weighted by molar-refractivity contribution is 4.64. The molecule has 0 rings (SSSR count). The molecule has 0 aromatic heterocycles. The van der Waals surface area contributed by atoms with Crippen LogP contribution in [0.1, 0.15) is 20.8 Å². The Morgan fingerprint density at radius 2 is 2.27 bits per heavy atom. The third-order valence-corrected chi connectivity index (χ3v) is 1.05. The number of nitrogens with one attached hydrogen (secondary N) is 1. The van der Waals surface area contributed by atoms with E-state index in [-0.39, 0.29) is 6.04 Å². The van der Waals surface area contributed by atoms with Crippen LogP contribution in [0, 0.1) is 0 Å². The molecule has 0 bridgehead atoms. The van der Waals surface area contributed by atoms with Gasteiger partial charge in [-0.3, -0.25) is 0 Å². The van der Waals surface area contributed by atoms with Crippen molar-refractivity contribution in [2.75, 3.05) is 13.2 Å². The molecule has 0 aliphatic carbocycles. The van der Waals surface area contributed by atoms with E-state index in [2.05, 4.69) is 5.48 Å². The maximum atomic E-state index is 5.16. The average Bonchev–Trinajstić information content (AvgIpc) is 2.01. The van der Waals surface area contributed by atoms with E-state index in [4.69, 9.17) is 9.57 Å². The fourth-order valence-corrected chi connectivity index (χ4v) is 0.552. The first-order chi connectivity index (χ1) is 5.31. The van der Waals surface area contributed by atoms with Gasteiger partial charge in [0.2, 0.25) is 0 Å². The summed E-state index contributed by atoms with van der Waals surface area (Å²) in [5, 5.41) is 0. The molecule has 0 aliphatic heterocycles. The van der Waals surface area contributed by atoms with Crippen molar-refractivity contribution < 1.29 is 9.57 Å². The Kier molecular flexibility index (Phi) is 7.19. The molecule has 0 aromatic rings. The summed E-state index contributed by atoms with van der Waals surface area (Å²) < 4.78 is 5.16. The normalized spacial score (nSPS) is 13.7. The number of hydrogen-bond acceptors (Lipinski definition) is 3. The van der Waals surface area contributed by atoms with E-state index in [1.54, 1.807) is 6.26 Å². The Labute approximate surface area is 68.3 Å². The van der Waals surface area contributed by atoms with Crippen LogP contribution in [0.5, 0.6) is 0 Å². The van der Waals surface area contributed by atoms with Gasteiger partial charge in [-0.25, -0.2) is 0 Å². The maximum absolute atomic E-state index is 5.16. The molecular formula is C8H17NO2. The third-order valence-electron chi connectivity index (χ3n) is 1.05. The minimum absolute atomic E-state index is 0.228. The van der Waals surface area contributed by atoms with Crippen LogP contribution >= 0.6 is 0 Å². The zero-order chi connectivity index (χ0) is 8.53. The quantitative estimate of drug-likeness (QED) is 0.470. The fourth-order valence-electron chi connectivity index (χ4n) is 0.552. The Bertz CT molecular complexity index is 104. The summed E-state index contributed by atoms with van der Waals surface area (Å²) in [6.07, 6.45) is 3.42. The molecule has 1 atom stereocenters. The molecule has 11 heavy (non-hydrogen) atoms. The molecule has 0 fully saturated rings. The molecule has 66 valence electrons. The molecule has 0 aromatic carbocycles. The van der Waals surface area contributed by atoms with Crippen molar-refractivity contribution in [3.63, 3.8) is 0 Å². The van der Waals surface area contributed by atoms with Crippen molar-refractivity contribution in [1.29, 1.82) is 0 Å². The van der Waals surface area contributed by atoms with E-state index in [1.807, 2.05) is 26.8 Å². The highest BCUT2D eigenvalue weighted by Gasteiger charge is 1.98. The van der Waals surface area contributed by atoms with Gasteiger partial charge in [-0.05, 0) is 20.8 Å². The van der Waals surface area contributed by atoms with Crippen molar-refractivity contribution in [2.24, 2.45) is 0 Å². The molecule has 0 spiro atoms. The molecule has 0 amide bonds. The van der Waals surface area contributed by atoms with Crippen LogP contribution in [0.2, 0.25) is 0 Å². The van der Waals surface area contributed by atoms with Crippen LogP contribution in [-0.4, -0.2) is 19.3 Å². The zero-order valence-electron chi connectivity index (χ0n) is 7.46. The second-order valence-electron chi connectivity index (χ2n) is 2.27. The minimum Gasteiger partial charge on any atom is -0.417 e. The molecule has 0 aliphatic rings. The van der Waals surface area contributed by atoms with E-state index in [0.29, 0.717) is 6.61 Å². The Morgan fingerprint density at radius 1 is 1.55 bits per heavy atom. The van der Waals surface area contributed by atoms with E-state index in [0.717, 1.165) is 6.61 Å². The topological polar surface area (TPSA) is 30.5 Å². The van der Waals surface area contributed by atoms with Gasteiger partial charge in [-0.2, -0.15) is 5.48 Å². The van der Waals surface area contributed by atoms with Gasteiger partial charge in [0.15, 0.2) is 0 Å². The summed E-state index contributed by atoms with van der Waals surface area (Å²) in [7, 11) is 0. The van der Waals surface area contributed by atoms with Gasteiger partial charge in [-0.1, -0.05) is 6.08 Å². The molecule has 0 heterocycles. The molecule has 0 radical (unpaired) electrons. The number of hydrogen-bond donors (Lipinski definition) is 1. The Hall–Kier alpha value is -0.540. The van der Waals surface area contributed by atoms with Gasteiger partial charge < -0.3 is 9.57 Å². The molecule has 0 saturated carbocycles. The zero-order valence-corrected chi connectivity index (χ0v) is 7.46. The van der Waals surface area contributed by atoms with Gasteiger partial charge in [0.25, 0.3) is 0 Å². The highest BCUT2D eigenvalue weighted by Crippen LogP contribution is 1.84. The first-order valence-corrected chi connectivity index (χ1v) is 3.91. The Balaban J connectivity index is 3.15. The lowest BCUT2D eigenvalue weighted by Gasteiger charge is -2.11. The minimum atomic E-state index is 0.228. The molecule has 1 N–H and O–H groups in total. The summed E-state index contributed by atoms with van der Waals surface area (Å²) in [4.78, 5) is 4.93. The highest BCUT2D eigenvalue weighted by atomic mass is 16.6. The summed E-state index contributed by atoms with van der Waals surface area (Å²) in [5.74, 6) is 0. The lowest BCUT2D eigenvalue weighted by molar-refractivity contribution is 0.0494. The van der Waals surface area contributed by atoms with E-state index < -0.39 is 0 Å². The van der Waals surface area contributed by atoms with Crippen molar-refractivity contribution in [2.45, 2.75) is 26.8 Å². The van der Waals surface area contributed by atoms with Gasteiger partial charge >= 0.3 is 0 Å². The van der Waals surface area contributed by atoms with Crippen molar-refractivity contribution in [1.82, 2.24) is 5.48 Å². The van der Waals surface area contributed by atoms with E-state index >= 15 is 0 Å². The van der Waals surface area contributed by atoms with Crippen LogP contribution in [-0.2, 0) is 9.57 Å². The molecule has 0 saturated heterocycles. The first kappa shape index (κ1) is 10.5. The molecular weight excluding hydrogens is 142 g/mol. The summed E-state index contributed by atoms with van der Waals surface area (Å²) in [6, 6.07) is 0.228. The maximum Gasteiger partial charge on any atom is 0.107 e. The third kappa shape index (κ3) is 7.36. The largest absolute Gasteiger partial charge is 0.417 e. The second-order valence-corrected chi connectivity index (χ2v) is 2.27. The summed E-state index contributed by atoms with van der Waals surface area (Å²) in [5.41, 5.74) is 2.81. The smallest absolute Gasteiger partial charge is 0.107 e. The van der Waals surface area contributed by atoms with Crippen LogP contribution in [0.25, 0.3) is 0 Å². The first-order valence-electron chi connectivity index (χ1n) is 3.91. The molecule has 3 nitrogen and oxygen atoms in total. The average molecular weight is 159 g/mol. The van der Waals surface area contributed by atoms with Crippen molar-refractivity contribution >= 4 is 0 Å². The van der Waals surface area contributed by atoms with Crippen LogP contribution in [0.3, 0.4) is 0 Å². The standard InChI is InChI=1S/C8H17NO2/c1-4-6-11-9-8(3)7-10-5-2/h4,6,8-9H,5,7H2,1-3H3. The van der Waals surface area contributed by atoms with Crippen molar-refractivity contribution in [3.8, 4) is 0 Å². The number of hydroxylamine groups is 1. The van der Waals surface area contributed by atoms with Gasteiger partial charge in [-0.15, -0.1) is 0 Å². The number of rotatable bonds is 6. The van der Waals surface area contributed by atoms with E-state index in [9.17, 15) is 0 Å². The van der Waals surface area contributed by atoms with E-state index in [1.165, 1.54) is 0 Å². The van der Waals surface area contributed by atoms with Gasteiger partial charge in [0.05, 0.1) is 12.6 Å². The number of allylic oxidation sites excluding steroid dienone is 1.